The summed E-state index contributed by atoms with van der Waals surface area (Å²) in [6.07, 6.45) is 5.70. The predicted molar refractivity (Wildman–Crippen MR) is 125 cm³/mol. The normalized spacial score (nSPS) is 18.8. The van der Waals surface area contributed by atoms with E-state index in [1.54, 1.807) is 24.3 Å². The van der Waals surface area contributed by atoms with Gasteiger partial charge in [0.15, 0.2) is 0 Å². The summed E-state index contributed by atoms with van der Waals surface area (Å²) in [6, 6.07) is 13.1. The Hall–Kier alpha value is -2.02. The number of aliphatic hydroxyl groups is 1. The first-order valence-corrected chi connectivity index (χ1v) is 12.2. The molecular formula is C25H32N2O3S. The molecule has 1 fully saturated rings. The molecule has 1 atom stereocenters. The summed E-state index contributed by atoms with van der Waals surface area (Å²) in [5, 5.41) is 9.66. The molecule has 1 spiro atoms. The van der Waals surface area contributed by atoms with Gasteiger partial charge in [-0.05, 0) is 69.0 Å². The van der Waals surface area contributed by atoms with E-state index in [0.717, 1.165) is 36.9 Å². The largest absolute Gasteiger partial charge is 0.392 e. The standard InChI is InChI=1S/C25H32N2O3S/c1-24(2,3)26-31(30)20-9-7-8-19(15-20)23(29)27-17-25(12-5-4-6-13-25)21-14-18(16-28)10-11-22(21)27/h7-11,14-15,26,28H,4-6,12-13,16-17H2,1-3H3. The van der Waals surface area contributed by atoms with Gasteiger partial charge in [-0.25, -0.2) is 8.93 Å². The molecule has 166 valence electrons. The Morgan fingerprint density at radius 3 is 2.55 bits per heavy atom. The SMILES string of the molecule is CC(C)(C)NS(=O)c1cccc(C(=O)N2CC3(CCCCC3)c3cc(CO)ccc32)c1. The third-order valence-electron chi connectivity index (χ3n) is 6.32. The minimum atomic E-state index is -1.39. The molecule has 2 aromatic rings. The lowest BCUT2D eigenvalue weighted by Gasteiger charge is -2.34. The summed E-state index contributed by atoms with van der Waals surface area (Å²) in [7, 11) is -1.39. The average Bonchev–Trinajstić information content (AvgIpc) is 3.05. The van der Waals surface area contributed by atoms with Crippen LogP contribution in [0.3, 0.4) is 0 Å². The molecule has 6 heteroatoms. The van der Waals surface area contributed by atoms with Gasteiger partial charge in [-0.1, -0.05) is 37.5 Å². The fourth-order valence-electron chi connectivity index (χ4n) is 4.89. The Morgan fingerprint density at radius 2 is 1.87 bits per heavy atom. The quantitative estimate of drug-likeness (QED) is 0.738. The van der Waals surface area contributed by atoms with Crippen molar-refractivity contribution in [1.82, 2.24) is 4.72 Å². The molecule has 2 N–H and O–H groups in total. The molecule has 4 rings (SSSR count). The van der Waals surface area contributed by atoms with E-state index >= 15 is 0 Å². The molecule has 0 aromatic heterocycles. The number of rotatable bonds is 4. The zero-order valence-corrected chi connectivity index (χ0v) is 19.4. The highest BCUT2D eigenvalue weighted by atomic mass is 32.2. The number of hydrogen-bond donors (Lipinski definition) is 2. The minimum absolute atomic E-state index is 0.00590. The lowest BCUT2D eigenvalue weighted by atomic mass is 9.70. The molecule has 1 heterocycles. The molecule has 0 saturated heterocycles. The van der Waals surface area contributed by atoms with Gasteiger partial charge in [-0.3, -0.25) is 4.79 Å². The second-order valence-electron chi connectivity index (χ2n) is 9.89. The number of amides is 1. The van der Waals surface area contributed by atoms with Gasteiger partial charge in [0.2, 0.25) is 0 Å². The van der Waals surface area contributed by atoms with Crippen LogP contribution >= 0.6 is 0 Å². The van der Waals surface area contributed by atoms with Crippen molar-refractivity contribution < 1.29 is 14.1 Å². The maximum Gasteiger partial charge on any atom is 0.258 e. The Balaban J connectivity index is 1.67. The zero-order chi connectivity index (χ0) is 22.2. The molecule has 0 radical (unpaired) electrons. The van der Waals surface area contributed by atoms with Gasteiger partial charge >= 0.3 is 0 Å². The van der Waals surface area contributed by atoms with Gasteiger partial charge in [-0.15, -0.1) is 0 Å². The number of benzene rings is 2. The van der Waals surface area contributed by atoms with Crippen LogP contribution in [0.5, 0.6) is 0 Å². The second-order valence-corrected chi connectivity index (χ2v) is 11.1. The van der Waals surface area contributed by atoms with Gasteiger partial charge in [0.1, 0.15) is 11.0 Å². The zero-order valence-electron chi connectivity index (χ0n) is 18.6. The molecule has 1 aliphatic heterocycles. The third-order valence-corrected chi connectivity index (χ3v) is 7.80. The van der Waals surface area contributed by atoms with E-state index < -0.39 is 11.0 Å². The average molecular weight is 441 g/mol. The number of hydrogen-bond acceptors (Lipinski definition) is 3. The number of nitrogens with zero attached hydrogens (tertiary/aromatic N) is 1. The molecule has 31 heavy (non-hydrogen) atoms. The van der Waals surface area contributed by atoms with Crippen molar-refractivity contribution in [2.75, 3.05) is 11.4 Å². The van der Waals surface area contributed by atoms with E-state index in [2.05, 4.69) is 10.8 Å². The van der Waals surface area contributed by atoms with Gasteiger partial charge in [-0.2, -0.15) is 0 Å². The fraction of sp³-hybridized carbons (Fsp3) is 0.480. The minimum Gasteiger partial charge on any atom is -0.392 e. The molecule has 0 bridgehead atoms. The first kappa shape index (κ1) is 22.2. The van der Waals surface area contributed by atoms with Crippen molar-refractivity contribution in [3.05, 3.63) is 59.2 Å². The lowest BCUT2D eigenvalue weighted by molar-refractivity contribution is 0.0982. The van der Waals surface area contributed by atoms with Gasteiger partial charge in [0.25, 0.3) is 5.91 Å². The van der Waals surface area contributed by atoms with Gasteiger partial charge < -0.3 is 10.0 Å². The van der Waals surface area contributed by atoms with Crippen LogP contribution < -0.4 is 9.62 Å². The van der Waals surface area contributed by atoms with E-state index in [0.29, 0.717) is 17.0 Å². The first-order chi connectivity index (χ1) is 14.7. The van der Waals surface area contributed by atoms with Crippen LogP contribution in [0, 0.1) is 0 Å². The van der Waals surface area contributed by atoms with E-state index in [-0.39, 0.29) is 23.5 Å². The highest BCUT2D eigenvalue weighted by Crippen LogP contribution is 2.49. The molecule has 1 aliphatic carbocycles. The summed E-state index contributed by atoms with van der Waals surface area (Å²) in [4.78, 5) is 16.1. The molecule has 1 saturated carbocycles. The van der Waals surface area contributed by atoms with Crippen molar-refractivity contribution in [2.24, 2.45) is 0 Å². The maximum atomic E-state index is 13.6. The van der Waals surface area contributed by atoms with Crippen molar-refractivity contribution in [1.29, 1.82) is 0 Å². The molecule has 1 amide bonds. The van der Waals surface area contributed by atoms with E-state index in [1.165, 1.54) is 12.0 Å². The smallest absolute Gasteiger partial charge is 0.258 e. The monoisotopic (exact) mass is 440 g/mol. The number of carbonyl (C=O) groups excluding carboxylic acids is 1. The van der Waals surface area contributed by atoms with E-state index in [1.807, 2.05) is 37.8 Å². The Kier molecular flexibility index (Phi) is 6.08. The van der Waals surface area contributed by atoms with Crippen LogP contribution in [0.2, 0.25) is 0 Å². The molecule has 2 aliphatic rings. The van der Waals surface area contributed by atoms with Crippen LogP contribution in [0.25, 0.3) is 0 Å². The Labute approximate surface area is 187 Å². The number of fused-ring (bicyclic) bond motifs is 2. The van der Waals surface area contributed by atoms with Crippen molar-refractivity contribution in [2.45, 2.75) is 75.3 Å². The fourth-order valence-corrected chi connectivity index (χ4v) is 6.00. The van der Waals surface area contributed by atoms with Crippen molar-refractivity contribution in [3.8, 4) is 0 Å². The van der Waals surface area contributed by atoms with Crippen LogP contribution in [0.15, 0.2) is 47.4 Å². The van der Waals surface area contributed by atoms with Crippen LogP contribution in [0.4, 0.5) is 5.69 Å². The number of anilines is 1. The van der Waals surface area contributed by atoms with E-state index in [9.17, 15) is 14.1 Å². The van der Waals surface area contributed by atoms with Crippen molar-refractivity contribution in [3.63, 3.8) is 0 Å². The van der Waals surface area contributed by atoms with Crippen LogP contribution in [-0.4, -0.2) is 27.3 Å². The topological polar surface area (TPSA) is 69.6 Å². The lowest BCUT2D eigenvalue weighted by Crippen LogP contribution is -2.38. The summed E-state index contributed by atoms with van der Waals surface area (Å²) in [5.74, 6) is -0.0601. The van der Waals surface area contributed by atoms with Crippen LogP contribution in [-0.2, 0) is 23.0 Å². The second kappa shape index (κ2) is 8.49. The van der Waals surface area contributed by atoms with E-state index in [4.69, 9.17) is 0 Å². The summed E-state index contributed by atoms with van der Waals surface area (Å²) >= 11 is 0. The molecular weight excluding hydrogens is 408 g/mol. The molecule has 2 aromatic carbocycles. The maximum absolute atomic E-state index is 13.6. The summed E-state index contributed by atoms with van der Waals surface area (Å²) in [6.45, 7) is 6.57. The number of nitrogens with one attached hydrogen (secondary N) is 1. The Bertz CT molecular complexity index is 1010. The van der Waals surface area contributed by atoms with Crippen molar-refractivity contribution >= 4 is 22.6 Å². The van der Waals surface area contributed by atoms with Gasteiger partial charge in [0, 0.05) is 28.7 Å². The third kappa shape index (κ3) is 4.47. The summed E-state index contributed by atoms with van der Waals surface area (Å²) < 4.78 is 15.8. The Morgan fingerprint density at radius 1 is 1.13 bits per heavy atom. The highest BCUT2D eigenvalue weighted by Gasteiger charge is 2.45. The van der Waals surface area contributed by atoms with Gasteiger partial charge in [0.05, 0.1) is 11.5 Å². The first-order valence-electron chi connectivity index (χ1n) is 11.1. The van der Waals surface area contributed by atoms with Crippen LogP contribution in [0.1, 0.15) is 74.4 Å². The summed E-state index contributed by atoms with van der Waals surface area (Å²) in [5.41, 5.74) is 3.26. The number of aliphatic hydroxyl groups excluding tert-OH is 1. The molecule has 5 nitrogen and oxygen atoms in total. The predicted octanol–water partition coefficient (Wildman–Crippen LogP) is 4.45. The highest BCUT2D eigenvalue weighted by molar-refractivity contribution is 7.83. The number of carbonyl (C=O) groups is 1. The molecule has 1 unspecified atom stereocenters.